The Hall–Kier alpha value is -1.19. The maximum atomic E-state index is 6.49. The second-order valence-electron chi connectivity index (χ2n) is 5.13. The van der Waals surface area contributed by atoms with Crippen molar-refractivity contribution in [3.63, 3.8) is 0 Å². The molecule has 0 saturated heterocycles. The van der Waals surface area contributed by atoms with Crippen molar-refractivity contribution in [2.24, 2.45) is 5.73 Å². The highest BCUT2D eigenvalue weighted by Gasteiger charge is 2.27. The predicted molar refractivity (Wildman–Crippen MR) is 81.0 cm³/mol. The van der Waals surface area contributed by atoms with Gasteiger partial charge in [-0.05, 0) is 48.6 Å². The minimum Gasteiger partial charge on any atom is -0.323 e. The molecule has 0 fully saturated rings. The van der Waals surface area contributed by atoms with Gasteiger partial charge in [0, 0.05) is 28.3 Å². The first-order chi connectivity index (χ1) is 9.25. The Balaban J connectivity index is 1.95. The topological polar surface area (TPSA) is 38.9 Å². The maximum Gasteiger partial charge on any atom is 0.0485 e. The van der Waals surface area contributed by atoms with E-state index in [4.69, 9.17) is 5.73 Å². The van der Waals surface area contributed by atoms with Crippen molar-refractivity contribution in [1.82, 2.24) is 4.98 Å². The minimum absolute atomic E-state index is 0.0199. The molecular weight excluding hydrogens is 300 g/mol. The summed E-state index contributed by atoms with van der Waals surface area (Å²) in [6, 6.07) is 12.5. The minimum atomic E-state index is 0.0199. The van der Waals surface area contributed by atoms with E-state index in [0.29, 0.717) is 5.92 Å². The van der Waals surface area contributed by atoms with Crippen molar-refractivity contribution in [3.05, 3.63) is 63.9 Å². The average molecular weight is 317 g/mol. The lowest BCUT2D eigenvalue weighted by atomic mass is 9.80. The van der Waals surface area contributed by atoms with Crippen LogP contribution >= 0.6 is 15.9 Å². The smallest absolute Gasteiger partial charge is 0.0485 e. The lowest BCUT2D eigenvalue weighted by Crippen LogP contribution is -2.24. The van der Waals surface area contributed by atoms with E-state index >= 15 is 0 Å². The van der Waals surface area contributed by atoms with Gasteiger partial charge in [-0.1, -0.05) is 34.1 Å². The first-order valence-corrected chi connectivity index (χ1v) is 7.50. The summed E-state index contributed by atoms with van der Waals surface area (Å²) in [5, 5.41) is 0. The summed E-state index contributed by atoms with van der Waals surface area (Å²) in [5.74, 6) is 0.333. The largest absolute Gasteiger partial charge is 0.323 e. The molecule has 1 aromatic carbocycles. The summed E-state index contributed by atoms with van der Waals surface area (Å²) in [6.45, 7) is 0. The van der Waals surface area contributed by atoms with Gasteiger partial charge in [0.1, 0.15) is 0 Å². The van der Waals surface area contributed by atoms with Gasteiger partial charge >= 0.3 is 0 Å². The van der Waals surface area contributed by atoms with Crippen LogP contribution in [0.1, 0.15) is 41.6 Å². The van der Waals surface area contributed by atoms with Crippen molar-refractivity contribution in [3.8, 4) is 0 Å². The Morgan fingerprint density at radius 1 is 1.26 bits per heavy atom. The molecule has 0 amide bonds. The van der Waals surface area contributed by atoms with E-state index in [9.17, 15) is 0 Å². The van der Waals surface area contributed by atoms with Crippen molar-refractivity contribution >= 4 is 15.9 Å². The number of nitrogens with zero attached hydrogens (tertiary/aromatic N) is 1. The third-order valence-electron chi connectivity index (χ3n) is 3.91. The van der Waals surface area contributed by atoms with Gasteiger partial charge in [-0.25, -0.2) is 0 Å². The van der Waals surface area contributed by atoms with E-state index in [2.05, 4.69) is 39.1 Å². The molecule has 0 saturated carbocycles. The summed E-state index contributed by atoms with van der Waals surface area (Å²) in [4.78, 5) is 4.58. The third-order valence-corrected chi connectivity index (χ3v) is 4.40. The highest BCUT2D eigenvalue weighted by Crippen LogP contribution is 2.38. The molecule has 1 aliphatic carbocycles. The maximum absolute atomic E-state index is 6.49. The Kier molecular flexibility index (Phi) is 3.67. The van der Waals surface area contributed by atoms with E-state index in [-0.39, 0.29) is 6.04 Å². The molecule has 1 aliphatic rings. The molecule has 3 rings (SSSR count). The molecule has 98 valence electrons. The van der Waals surface area contributed by atoms with Crippen LogP contribution in [0.5, 0.6) is 0 Å². The number of hydrogen-bond acceptors (Lipinski definition) is 2. The number of hydrogen-bond donors (Lipinski definition) is 1. The molecule has 2 nitrogen and oxygen atoms in total. The van der Waals surface area contributed by atoms with Crippen LogP contribution < -0.4 is 5.73 Å². The van der Waals surface area contributed by atoms with Crippen LogP contribution in [-0.4, -0.2) is 4.98 Å². The van der Waals surface area contributed by atoms with Crippen LogP contribution in [0.4, 0.5) is 0 Å². The number of benzene rings is 1. The number of rotatable bonds is 2. The molecule has 2 N–H and O–H groups in total. The van der Waals surface area contributed by atoms with Crippen LogP contribution in [0.3, 0.4) is 0 Å². The molecule has 2 atom stereocenters. The van der Waals surface area contributed by atoms with Gasteiger partial charge in [0.05, 0.1) is 0 Å². The van der Waals surface area contributed by atoms with Crippen LogP contribution in [0, 0.1) is 0 Å². The van der Waals surface area contributed by atoms with Gasteiger partial charge in [-0.15, -0.1) is 0 Å². The molecule has 19 heavy (non-hydrogen) atoms. The zero-order valence-electron chi connectivity index (χ0n) is 10.7. The normalized spacial score (nSPS) is 19.8. The summed E-state index contributed by atoms with van der Waals surface area (Å²) < 4.78 is 1.08. The Morgan fingerprint density at radius 2 is 2.16 bits per heavy atom. The quantitative estimate of drug-likeness (QED) is 0.910. The van der Waals surface area contributed by atoms with Gasteiger partial charge in [0.2, 0.25) is 0 Å². The molecule has 2 aromatic rings. The summed E-state index contributed by atoms with van der Waals surface area (Å²) >= 11 is 3.52. The van der Waals surface area contributed by atoms with Gasteiger partial charge in [0.15, 0.2) is 0 Å². The first kappa shape index (κ1) is 12.8. The Bertz CT molecular complexity index is 582. The number of halogens is 1. The summed E-state index contributed by atoms with van der Waals surface area (Å²) in [6.07, 6.45) is 5.33. The van der Waals surface area contributed by atoms with E-state index in [0.717, 1.165) is 17.3 Å². The van der Waals surface area contributed by atoms with E-state index in [1.54, 1.807) is 0 Å². The zero-order valence-corrected chi connectivity index (χ0v) is 12.3. The second-order valence-corrected chi connectivity index (χ2v) is 6.04. The molecule has 0 radical (unpaired) electrons. The zero-order chi connectivity index (χ0) is 13.2. The highest BCUT2D eigenvalue weighted by molar-refractivity contribution is 9.10. The number of aryl methyl sites for hydroxylation is 1. The molecule has 1 aromatic heterocycles. The van der Waals surface area contributed by atoms with E-state index in [1.165, 1.54) is 23.2 Å². The predicted octanol–water partition coefficient (Wildman–Crippen LogP) is 3.96. The van der Waals surface area contributed by atoms with Crippen LogP contribution in [0.15, 0.2) is 47.1 Å². The van der Waals surface area contributed by atoms with Crippen LogP contribution in [0.25, 0.3) is 0 Å². The van der Waals surface area contributed by atoms with Gasteiger partial charge < -0.3 is 5.73 Å². The SMILES string of the molecule is NC(c1cccc(Br)c1)C1CCCc2cccnc21. The monoisotopic (exact) mass is 316 g/mol. The van der Waals surface area contributed by atoms with Gasteiger partial charge in [-0.2, -0.15) is 0 Å². The van der Waals surface area contributed by atoms with E-state index < -0.39 is 0 Å². The fourth-order valence-corrected chi connectivity index (χ4v) is 3.36. The first-order valence-electron chi connectivity index (χ1n) is 6.70. The van der Waals surface area contributed by atoms with Crippen molar-refractivity contribution in [2.75, 3.05) is 0 Å². The number of fused-ring (bicyclic) bond motifs is 1. The van der Waals surface area contributed by atoms with Crippen LogP contribution in [-0.2, 0) is 6.42 Å². The van der Waals surface area contributed by atoms with Crippen molar-refractivity contribution in [1.29, 1.82) is 0 Å². The molecule has 1 heterocycles. The summed E-state index contributed by atoms with van der Waals surface area (Å²) in [5.41, 5.74) is 10.2. The fraction of sp³-hybridized carbons (Fsp3) is 0.312. The number of nitrogens with two attached hydrogens (primary N) is 1. The molecule has 0 bridgehead atoms. The van der Waals surface area contributed by atoms with Gasteiger partial charge in [0.25, 0.3) is 0 Å². The van der Waals surface area contributed by atoms with Gasteiger partial charge in [-0.3, -0.25) is 4.98 Å². The lowest BCUT2D eigenvalue weighted by molar-refractivity contribution is 0.462. The van der Waals surface area contributed by atoms with Crippen molar-refractivity contribution in [2.45, 2.75) is 31.2 Å². The lowest BCUT2D eigenvalue weighted by Gasteiger charge is -2.29. The Morgan fingerprint density at radius 3 is 3.00 bits per heavy atom. The molecule has 0 spiro atoms. The number of aromatic nitrogens is 1. The Labute approximate surface area is 122 Å². The highest BCUT2D eigenvalue weighted by atomic mass is 79.9. The fourth-order valence-electron chi connectivity index (χ4n) is 2.94. The standard InChI is InChI=1S/C16H17BrN2/c17-13-7-1-5-12(10-13)15(18)14-8-2-4-11-6-3-9-19-16(11)14/h1,3,5-7,9-10,14-15H,2,4,8,18H2. The van der Waals surface area contributed by atoms with Crippen LogP contribution in [0.2, 0.25) is 0 Å². The van der Waals surface area contributed by atoms with Crippen molar-refractivity contribution < 1.29 is 0 Å². The molecule has 3 heteroatoms. The molecular formula is C16H17BrN2. The second kappa shape index (κ2) is 5.43. The molecule has 2 unspecified atom stereocenters. The molecule has 0 aliphatic heterocycles. The number of pyridine rings is 1. The van der Waals surface area contributed by atoms with E-state index in [1.807, 2.05) is 24.4 Å². The third kappa shape index (κ3) is 2.58. The summed E-state index contributed by atoms with van der Waals surface area (Å²) in [7, 11) is 0. The average Bonchev–Trinajstić information content (AvgIpc) is 2.46.